The summed E-state index contributed by atoms with van der Waals surface area (Å²) in [5, 5.41) is 2.08. The van der Waals surface area contributed by atoms with Crippen LogP contribution < -0.4 is 0 Å². The maximum atomic E-state index is 6.80. The molecular formula is C46H41N3O. The van der Waals surface area contributed by atoms with Gasteiger partial charge in [0.2, 0.25) is 5.71 Å². The van der Waals surface area contributed by atoms with Crippen LogP contribution in [-0.4, -0.2) is 14.5 Å². The van der Waals surface area contributed by atoms with E-state index in [1.54, 1.807) is 0 Å². The van der Waals surface area contributed by atoms with Crippen molar-refractivity contribution in [1.29, 1.82) is 0 Å². The summed E-state index contributed by atoms with van der Waals surface area (Å²) in [5.74, 6) is 1.45. The van der Waals surface area contributed by atoms with E-state index in [1.807, 2.05) is 0 Å². The van der Waals surface area contributed by atoms with Crippen molar-refractivity contribution in [1.82, 2.24) is 14.5 Å². The first-order valence-corrected chi connectivity index (χ1v) is 18.1. The lowest BCUT2D eigenvalue weighted by Crippen LogP contribution is -2.09. The quantitative estimate of drug-likeness (QED) is 0.180. The predicted octanol–water partition coefficient (Wildman–Crippen LogP) is 12.4. The van der Waals surface area contributed by atoms with Crippen LogP contribution in [0.1, 0.15) is 74.6 Å². The number of benzene rings is 5. The summed E-state index contributed by atoms with van der Waals surface area (Å²) in [7, 11) is 0. The summed E-state index contributed by atoms with van der Waals surface area (Å²) in [5.41, 5.74) is 15.9. The molecule has 0 bridgehead atoms. The molecule has 0 amide bonds. The summed E-state index contributed by atoms with van der Waals surface area (Å²) < 4.78 is 9.19. The van der Waals surface area contributed by atoms with Crippen molar-refractivity contribution in [3.05, 3.63) is 138 Å². The molecule has 0 unspecified atom stereocenters. The van der Waals surface area contributed by atoms with E-state index in [9.17, 15) is 0 Å². The molecule has 246 valence electrons. The van der Waals surface area contributed by atoms with Gasteiger partial charge >= 0.3 is 0 Å². The average molecular weight is 652 g/mol. The first-order valence-electron chi connectivity index (χ1n) is 18.1. The lowest BCUT2D eigenvalue weighted by molar-refractivity contribution is 0.655. The second-order valence-electron chi connectivity index (χ2n) is 14.4. The first-order chi connectivity index (χ1) is 24.5. The Hall–Kier alpha value is -5.48. The summed E-state index contributed by atoms with van der Waals surface area (Å²) in [4.78, 5) is 10.5. The van der Waals surface area contributed by atoms with Crippen LogP contribution >= 0.6 is 0 Å². The van der Waals surface area contributed by atoms with Crippen LogP contribution in [0.15, 0.2) is 120 Å². The van der Waals surface area contributed by atoms with Gasteiger partial charge in [0.05, 0.1) is 28.0 Å². The van der Waals surface area contributed by atoms with E-state index in [1.165, 1.54) is 57.5 Å². The number of rotatable bonds is 6. The molecule has 3 aromatic heterocycles. The second kappa shape index (κ2) is 12.1. The van der Waals surface area contributed by atoms with Gasteiger partial charge in [-0.05, 0) is 113 Å². The van der Waals surface area contributed by atoms with E-state index >= 15 is 0 Å². The topological polar surface area (TPSA) is 43.9 Å². The zero-order chi connectivity index (χ0) is 33.9. The number of aromatic nitrogens is 3. The summed E-state index contributed by atoms with van der Waals surface area (Å²) in [6.45, 7) is 9.18. The summed E-state index contributed by atoms with van der Waals surface area (Å²) in [6, 6.07) is 41.5. The Morgan fingerprint density at radius 3 is 2.14 bits per heavy atom. The Morgan fingerprint density at radius 1 is 0.620 bits per heavy atom. The molecule has 0 fully saturated rings. The first kappa shape index (κ1) is 30.6. The molecule has 0 N–H and O–H groups in total. The smallest absolute Gasteiger partial charge is 0.227 e. The lowest BCUT2D eigenvalue weighted by atomic mass is 9.87. The molecule has 0 saturated heterocycles. The number of hydrogen-bond donors (Lipinski definition) is 0. The number of furan rings is 1. The van der Waals surface area contributed by atoms with Crippen molar-refractivity contribution in [2.75, 3.05) is 0 Å². The molecule has 50 heavy (non-hydrogen) atoms. The van der Waals surface area contributed by atoms with E-state index < -0.39 is 0 Å². The van der Waals surface area contributed by atoms with E-state index in [0.717, 1.165) is 57.3 Å². The number of imidazole rings is 1. The second-order valence-corrected chi connectivity index (χ2v) is 14.4. The number of fused-ring (bicyclic) bond motifs is 5. The maximum Gasteiger partial charge on any atom is 0.227 e. The number of aryl methyl sites for hydroxylation is 1. The summed E-state index contributed by atoms with van der Waals surface area (Å²) in [6.07, 6.45) is 4.74. The Labute approximate surface area is 293 Å². The van der Waals surface area contributed by atoms with Crippen molar-refractivity contribution in [2.45, 2.75) is 65.2 Å². The Balaban J connectivity index is 1.29. The highest BCUT2D eigenvalue weighted by atomic mass is 16.3. The molecule has 9 rings (SSSR count). The van der Waals surface area contributed by atoms with Crippen LogP contribution in [0.25, 0.3) is 72.6 Å². The fraction of sp³-hybridized carbons (Fsp3) is 0.217. The van der Waals surface area contributed by atoms with Gasteiger partial charge in [-0.3, -0.25) is 4.57 Å². The molecule has 3 heterocycles. The van der Waals surface area contributed by atoms with Gasteiger partial charge in [0.25, 0.3) is 0 Å². The molecule has 0 saturated carbocycles. The van der Waals surface area contributed by atoms with Crippen LogP contribution in [0.4, 0.5) is 0 Å². The normalized spacial score (nSPS) is 13.2. The van der Waals surface area contributed by atoms with Crippen LogP contribution in [-0.2, 0) is 12.8 Å². The molecule has 0 spiro atoms. The average Bonchev–Trinajstić information content (AvgIpc) is 3.72. The van der Waals surface area contributed by atoms with Gasteiger partial charge in [-0.25, -0.2) is 9.97 Å². The van der Waals surface area contributed by atoms with Crippen molar-refractivity contribution < 1.29 is 4.42 Å². The van der Waals surface area contributed by atoms with Gasteiger partial charge in [0.15, 0.2) is 0 Å². The van der Waals surface area contributed by atoms with Gasteiger partial charge in [0, 0.05) is 16.3 Å². The van der Waals surface area contributed by atoms with E-state index in [-0.39, 0.29) is 11.8 Å². The lowest BCUT2D eigenvalue weighted by Gasteiger charge is -2.24. The molecule has 4 nitrogen and oxygen atoms in total. The number of pyridine rings is 1. The van der Waals surface area contributed by atoms with Crippen molar-refractivity contribution in [3.63, 3.8) is 0 Å². The van der Waals surface area contributed by atoms with E-state index in [0.29, 0.717) is 5.71 Å². The maximum absolute atomic E-state index is 6.80. The number of nitrogens with zero attached hydrogens (tertiary/aromatic N) is 3. The van der Waals surface area contributed by atoms with E-state index in [2.05, 4.69) is 148 Å². The summed E-state index contributed by atoms with van der Waals surface area (Å²) >= 11 is 0. The highest BCUT2D eigenvalue weighted by Gasteiger charge is 2.26. The Morgan fingerprint density at radius 2 is 1.34 bits per heavy atom. The van der Waals surface area contributed by atoms with Gasteiger partial charge in [0.1, 0.15) is 11.4 Å². The van der Waals surface area contributed by atoms with Crippen molar-refractivity contribution in [2.24, 2.45) is 0 Å². The third kappa shape index (κ3) is 4.96. The van der Waals surface area contributed by atoms with Gasteiger partial charge in [-0.2, -0.15) is 0 Å². The Bertz CT molecular complexity index is 2520. The molecule has 8 aromatic rings. The predicted molar refractivity (Wildman–Crippen MR) is 207 cm³/mol. The fourth-order valence-electron chi connectivity index (χ4n) is 8.08. The number of para-hydroxylation sites is 3. The molecule has 1 aliphatic rings. The minimum Gasteiger partial charge on any atom is -0.437 e. The molecule has 0 radical (unpaired) electrons. The number of hydrogen-bond acceptors (Lipinski definition) is 3. The van der Waals surface area contributed by atoms with Gasteiger partial charge in [-0.15, -0.1) is 0 Å². The molecule has 1 aliphatic carbocycles. The Kier molecular flexibility index (Phi) is 7.42. The third-order valence-corrected chi connectivity index (χ3v) is 10.6. The minimum atomic E-state index is 0.286. The van der Waals surface area contributed by atoms with Crippen molar-refractivity contribution >= 4 is 33.1 Å². The molecule has 0 aliphatic heterocycles. The van der Waals surface area contributed by atoms with Crippen LogP contribution in [0.2, 0.25) is 0 Å². The molecule has 4 heteroatoms. The standard InChI is InChI=1S/C46H41N3O/c1-28(2)38-26-32(30-14-6-5-7-15-30)27-39(29(3)4)43(38)49-42-23-11-10-22-41(42)47-45(49)37-21-13-20-35-36-24-25-40(48-46(36)50-44(35)37)34-19-12-17-31-16-8-9-18-33(31)34/h5-7,10-15,17,19-29H,8-9,16,18H2,1-4H3. The van der Waals surface area contributed by atoms with Crippen molar-refractivity contribution in [3.8, 4) is 39.5 Å². The SMILES string of the molecule is CC(C)c1cc(-c2ccccc2)cc(C(C)C)c1-n1c(-c2cccc3c2oc2nc(-c4cccc5c4CCCC5)ccc23)nc2ccccc21. The monoisotopic (exact) mass is 651 g/mol. The zero-order valence-corrected chi connectivity index (χ0v) is 29.2. The van der Waals surface area contributed by atoms with Gasteiger partial charge in [-0.1, -0.05) is 100 Å². The van der Waals surface area contributed by atoms with Crippen LogP contribution in [0, 0.1) is 0 Å². The van der Waals surface area contributed by atoms with Crippen LogP contribution in [0.3, 0.4) is 0 Å². The molecule has 0 atom stereocenters. The largest absolute Gasteiger partial charge is 0.437 e. The van der Waals surface area contributed by atoms with E-state index in [4.69, 9.17) is 14.4 Å². The highest BCUT2D eigenvalue weighted by molar-refractivity contribution is 6.09. The van der Waals surface area contributed by atoms with Crippen LogP contribution in [0.5, 0.6) is 0 Å². The highest BCUT2D eigenvalue weighted by Crippen LogP contribution is 2.43. The minimum absolute atomic E-state index is 0.286. The molecular weight excluding hydrogens is 611 g/mol. The fourth-order valence-corrected chi connectivity index (χ4v) is 8.08. The van der Waals surface area contributed by atoms with Gasteiger partial charge < -0.3 is 4.42 Å². The zero-order valence-electron chi connectivity index (χ0n) is 29.2. The molecule has 5 aromatic carbocycles. The third-order valence-electron chi connectivity index (χ3n) is 10.6.